The topological polar surface area (TPSA) is 54.7 Å². The first-order valence-electron chi connectivity index (χ1n) is 6.99. The summed E-state index contributed by atoms with van der Waals surface area (Å²) in [5.41, 5.74) is 0.834. The number of thioether (sulfide) groups is 2. The molecule has 0 N–H and O–H groups in total. The zero-order valence-corrected chi connectivity index (χ0v) is 13.7. The predicted molar refractivity (Wildman–Crippen MR) is 88.7 cm³/mol. The third kappa shape index (κ3) is 2.91. The maximum atomic E-state index is 12.2. The summed E-state index contributed by atoms with van der Waals surface area (Å²) >= 11 is 2.47. The molecule has 0 radical (unpaired) electrons. The first-order valence-corrected chi connectivity index (χ1v) is 8.79. The Morgan fingerprint density at radius 1 is 1.36 bits per heavy atom. The monoisotopic (exact) mass is 333 g/mol. The number of imide groups is 1. The maximum Gasteiger partial charge on any atom is 0.294 e. The molecule has 3 rings (SSSR count). The van der Waals surface area contributed by atoms with Gasteiger partial charge in [-0.15, -0.1) is 0 Å². The fourth-order valence-corrected chi connectivity index (χ4v) is 3.98. The minimum atomic E-state index is -0.199. The van der Waals surface area contributed by atoms with Crippen LogP contribution >= 0.6 is 23.5 Å². The summed E-state index contributed by atoms with van der Waals surface area (Å²) in [6.07, 6.45) is 9.14. The fraction of sp³-hybridized carbons (Fsp3) is 0.267. The highest BCUT2D eigenvalue weighted by atomic mass is 32.2. The Hall–Kier alpha value is -1.73. The lowest BCUT2D eigenvalue weighted by molar-refractivity contribution is -0.122. The van der Waals surface area contributed by atoms with Gasteiger partial charge in [-0.2, -0.15) is 0 Å². The van der Waals surface area contributed by atoms with Gasteiger partial charge in [0.1, 0.15) is 5.65 Å². The van der Waals surface area contributed by atoms with Crippen LogP contribution in [0.2, 0.25) is 0 Å². The Kier molecular flexibility index (Phi) is 4.54. The third-order valence-corrected chi connectivity index (χ3v) is 5.20. The molecular weight excluding hydrogens is 318 g/mol. The largest absolute Gasteiger partial charge is 0.306 e. The molecule has 0 saturated carbocycles. The maximum absolute atomic E-state index is 12.2. The number of carbonyl (C=O) groups is 2. The molecule has 7 heteroatoms. The zero-order valence-electron chi connectivity index (χ0n) is 12.1. The van der Waals surface area contributed by atoms with Crippen molar-refractivity contribution >= 4 is 40.3 Å². The Balaban J connectivity index is 1.72. The van der Waals surface area contributed by atoms with Crippen LogP contribution in [0.25, 0.3) is 5.65 Å². The number of carbonyl (C=O) groups excluding carboxylic acids is 2. The lowest BCUT2D eigenvalue weighted by Gasteiger charge is -2.12. The standard InChI is InChI=1S/C15H15N3O2S2/c1-2-3-5-12-14(19)18(15(20)22-12)10-21-11-6-4-8-17-9-7-16-13(11)17/h4-9H,2-3,10H2,1H3. The Labute approximate surface area is 136 Å². The average molecular weight is 333 g/mol. The number of hydrogen-bond acceptors (Lipinski definition) is 5. The number of amides is 2. The second-order valence-corrected chi connectivity index (χ2v) is 6.74. The number of allylic oxidation sites excluding steroid dienone is 1. The van der Waals surface area contributed by atoms with Crippen LogP contribution in [0.1, 0.15) is 19.8 Å². The Bertz CT molecular complexity index is 754. The van der Waals surface area contributed by atoms with E-state index in [-0.39, 0.29) is 11.1 Å². The van der Waals surface area contributed by atoms with Gasteiger partial charge < -0.3 is 4.40 Å². The summed E-state index contributed by atoms with van der Waals surface area (Å²) in [6, 6.07) is 3.87. The van der Waals surface area contributed by atoms with E-state index < -0.39 is 0 Å². The van der Waals surface area contributed by atoms with Crippen LogP contribution in [-0.4, -0.2) is 31.3 Å². The molecule has 1 aliphatic heterocycles. The van der Waals surface area contributed by atoms with Crippen molar-refractivity contribution in [1.29, 1.82) is 0 Å². The summed E-state index contributed by atoms with van der Waals surface area (Å²) in [6.45, 7) is 2.04. The second-order valence-electron chi connectivity index (χ2n) is 4.76. The van der Waals surface area contributed by atoms with E-state index in [0.717, 1.165) is 35.1 Å². The van der Waals surface area contributed by atoms with Crippen molar-refractivity contribution < 1.29 is 9.59 Å². The van der Waals surface area contributed by atoms with Crippen molar-refractivity contribution in [2.45, 2.75) is 24.7 Å². The van der Waals surface area contributed by atoms with Gasteiger partial charge in [0.15, 0.2) is 0 Å². The van der Waals surface area contributed by atoms with E-state index in [1.807, 2.05) is 41.9 Å². The fourth-order valence-electron chi connectivity index (χ4n) is 2.09. The van der Waals surface area contributed by atoms with Crippen LogP contribution in [0.4, 0.5) is 4.79 Å². The minimum Gasteiger partial charge on any atom is -0.306 e. The third-order valence-electron chi connectivity index (χ3n) is 3.22. The molecule has 3 heterocycles. The predicted octanol–water partition coefficient (Wildman–Crippen LogP) is 3.76. The lowest BCUT2D eigenvalue weighted by atomic mass is 10.3. The van der Waals surface area contributed by atoms with Crippen LogP contribution in [0.5, 0.6) is 0 Å². The van der Waals surface area contributed by atoms with Gasteiger partial charge in [0.2, 0.25) is 0 Å². The van der Waals surface area contributed by atoms with Crippen LogP contribution in [0.3, 0.4) is 0 Å². The van der Waals surface area contributed by atoms with Crippen molar-refractivity contribution in [1.82, 2.24) is 14.3 Å². The van der Waals surface area contributed by atoms with E-state index in [2.05, 4.69) is 4.98 Å². The molecule has 0 spiro atoms. The van der Waals surface area contributed by atoms with Gasteiger partial charge in [0.05, 0.1) is 15.7 Å². The number of aromatic nitrogens is 2. The van der Waals surface area contributed by atoms with Gasteiger partial charge in [-0.1, -0.05) is 31.2 Å². The van der Waals surface area contributed by atoms with E-state index >= 15 is 0 Å². The number of fused-ring (bicyclic) bond motifs is 1. The molecule has 2 amide bonds. The molecular formula is C15H15N3O2S2. The highest BCUT2D eigenvalue weighted by Gasteiger charge is 2.34. The summed E-state index contributed by atoms with van der Waals surface area (Å²) in [7, 11) is 0. The van der Waals surface area contributed by atoms with E-state index in [9.17, 15) is 9.59 Å². The molecule has 2 aromatic rings. The van der Waals surface area contributed by atoms with Gasteiger partial charge in [0.25, 0.3) is 11.1 Å². The molecule has 0 atom stereocenters. The SMILES string of the molecule is CCCC=C1SC(=O)N(CSc2cccn3ccnc23)C1=O. The van der Waals surface area contributed by atoms with E-state index in [4.69, 9.17) is 0 Å². The molecule has 2 aromatic heterocycles. The van der Waals surface area contributed by atoms with Crippen molar-refractivity contribution in [3.63, 3.8) is 0 Å². The number of hydrogen-bond donors (Lipinski definition) is 0. The van der Waals surface area contributed by atoms with Gasteiger partial charge >= 0.3 is 0 Å². The smallest absolute Gasteiger partial charge is 0.294 e. The molecule has 0 unspecified atom stereocenters. The first kappa shape index (κ1) is 15.2. The number of pyridine rings is 1. The number of unbranched alkanes of at least 4 members (excludes halogenated alkanes) is 1. The van der Waals surface area contributed by atoms with Crippen LogP contribution < -0.4 is 0 Å². The molecule has 5 nitrogen and oxygen atoms in total. The molecule has 22 heavy (non-hydrogen) atoms. The van der Waals surface area contributed by atoms with Crippen LogP contribution in [0.15, 0.2) is 46.6 Å². The summed E-state index contributed by atoms with van der Waals surface area (Å²) < 4.78 is 1.91. The summed E-state index contributed by atoms with van der Waals surface area (Å²) in [5, 5.41) is -0.199. The van der Waals surface area contributed by atoms with Gasteiger partial charge in [-0.3, -0.25) is 14.5 Å². The first-order chi connectivity index (χ1) is 10.7. The molecule has 114 valence electrons. The average Bonchev–Trinajstić information content (AvgIpc) is 3.09. The second kappa shape index (κ2) is 6.58. The molecule has 1 saturated heterocycles. The van der Waals surface area contributed by atoms with Gasteiger partial charge in [-0.05, 0) is 30.3 Å². The molecule has 0 aliphatic carbocycles. The summed E-state index contributed by atoms with van der Waals surface area (Å²) in [5.74, 6) is 0.118. The number of rotatable bonds is 5. The van der Waals surface area contributed by atoms with Gasteiger partial charge in [0, 0.05) is 18.6 Å². The van der Waals surface area contributed by atoms with Crippen molar-refractivity contribution in [2.75, 3.05) is 5.88 Å². The Morgan fingerprint density at radius 3 is 3.05 bits per heavy atom. The number of nitrogens with zero attached hydrogens (tertiary/aromatic N) is 3. The quantitative estimate of drug-likeness (QED) is 0.616. The van der Waals surface area contributed by atoms with E-state index in [0.29, 0.717) is 10.8 Å². The van der Waals surface area contributed by atoms with E-state index in [1.165, 1.54) is 16.7 Å². The molecule has 0 bridgehead atoms. The molecule has 0 aromatic carbocycles. The van der Waals surface area contributed by atoms with Crippen LogP contribution in [0, 0.1) is 0 Å². The number of imidazole rings is 1. The normalized spacial score (nSPS) is 17.1. The lowest BCUT2D eigenvalue weighted by Crippen LogP contribution is -2.27. The molecule has 1 fully saturated rings. The van der Waals surface area contributed by atoms with E-state index in [1.54, 1.807) is 6.20 Å². The van der Waals surface area contributed by atoms with Crippen molar-refractivity contribution in [2.24, 2.45) is 0 Å². The van der Waals surface area contributed by atoms with Gasteiger partial charge in [-0.25, -0.2) is 4.98 Å². The van der Waals surface area contributed by atoms with Crippen molar-refractivity contribution in [3.05, 3.63) is 41.7 Å². The highest BCUT2D eigenvalue weighted by molar-refractivity contribution is 8.18. The molecule has 1 aliphatic rings. The minimum absolute atomic E-state index is 0.189. The summed E-state index contributed by atoms with van der Waals surface area (Å²) in [4.78, 5) is 31.3. The highest BCUT2D eigenvalue weighted by Crippen LogP contribution is 2.34. The van der Waals surface area contributed by atoms with Crippen LogP contribution in [-0.2, 0) is 4.79 Å². The zero-order chi connectivity index (χ0) is 15.5. The Morgan fingerprint density at radius 2 is 2.23 bits per heavy atom. The van der Waals surface area contributed by atoms with Crippen molar-refractivity contribution in [3.8, 4) is 0 Å².